The third-order valence-electron chi connectivity index (χ3n) is 7.49. The van der Waals surface area contributed by atoms with Crippen LogP contribution in [0.5, 0.6) is 5.88 Å². The summed E-state index contributed by atoms with van der Waals surface area (Å²) in [7, 11) is 0. The van der Waals surface area contributed by atoms with Crippen LogP contribution in [0.1, 0.15) is 38.2 Å². The number of nitrogens with zero attached hydrogens (tertiary/aromatic N) is 4. The fraction of sp³-hybridized carbons (Fsp3) is 0.419. The van der Waals surface area contributed by atoms with E-state index in [1.165, 1.54) is 16.5 Å². The van der Waals surface area contributed by atoms with E-state index in [4.69, 9.17) is 9.47 Å². The molecule has 0 aliphatic carbocycles. The van der Waals surface area contributed by atoms with Gasteiger partial charge in [0.15, 0.2) is 6.73 Å². The number of allylic oxidation sites excluding steroid dienone is 1. The molecule has 1 fully saturated rings. The maximum absolute atomic E-state index is 12.5. The number of unbranched alkanes of at least 4 members (excludes halogenated alkanes) is 1. The normalized spacial score (nSPS) is 16.0. The highest BCUT2D eigenvalue weighted by Gasteiger charge is 2.26. The molecule has 1 amide bonds. The Morgan fingerprint density at radius 1 is 0.974 bits per heavy atom. The van der Waals surface area contributed by atoms with Gasteiger partial charge in [0.05, 0.1) is 12.4 Å². The van der Waals surface area contributed by atoms with Crippen LogP contribution in [0.15, 0.2) is 66.9 Å². The Labute approximate surface area is 225 Å². The summed E-state index contributed by atoms with van der Waals surface area (Å²) in [4.78, 5) is 23.8. The van der Waals surface area contributed by atoms with E-state index in [0.717, 1.165) is 51.1 Å². The Bertz CT molecular complexity index is 1260. The van der Waals surface area contributed by atoms with E-state index in [9.17, 15) is 4.79 Å². The highest BCUT2D eigenvalue weighted by molar-refractivity contribution is 5.95. The van der Waals surface area contributed by atoms with Gasteiger partial charge < -0.3 is 14.4 Å². The number of hydrogen-bond acceptors (Lipinski definition) is 6. The number of benzene rings is 2. The lowest BCUT2D eigenvalue weighted by atomic mass is 10.1. The van der Waals surface area contributed by atoms with E-state index in [0.29, 0.717) is 43.3 Å². The zero-order valence-corrected chi connectivity index (χ0v) is 22.4. The third-order valence-corrected chi connectivity index (χ3v) is 7.49. The largest absolute Gasteiger partial charge is 0.478 e. The summed E-state index contributed by atoms with van der Waals surface area (Å²) in [5, 5.41) is 2.64. The second kappa shape index (κ2) is 12.3. The summed E-state index contributed by atoms with van der Waals surface area (Å²) in [6.07, 6.45) is 3.92. The number of pyridine rings is 1. The minimum Gasteiger partial charge on any atom is -0.478 e. The Morgan fingerprint density at radius 3 is 2.63 bits per heavy atom. The van der Waals surface area contributed by atoms with Crippen molar-refractivity contribution in [3.63, 3.8) is 0 Å². The molecule has 1 aromatic heterocycles. The minimum atomic E-state index is 0.0200. The Kier molecular flexibility index (Phi) is 8.44. The Morgan fingerprint density at radius 2 is 1.79 bits per heavy atom. The number of anilines is 2. The maximum atomic E-state index is 12.5. The van der Waals surface area contributed by atoms with Crippen molar-refractivity contribution in [2.45, 2.75) is 39.0 Å². The lowest BCUT2D eigenvalue weighted by Gasteiger charge is -2.36. The monoisotopic (exact) mass is 514 g/mol. The van der Waals surface area contributed by atoms with Crippen LogP contribution in [0.2, 0.25) is 0 Å². The summed E-state index contributed by atoms with van der Waals surface area (Å²) in [5.41, 5.74) is 2.39. The van der Waals surface area contributed by atoms with Crippen LogP contribution in [0.25, 0.3) is 10.8 Å². The molecule has 0 atom stereocenters. The number of aromatic nitrogens is 1. The van der Waals surface area contributed by atoms with E-state index in [1.54, 1.807) is 4.90 Å². The fourth-order valence-electron chi connectivity index (χ4n) is 5.17. The van der Waals surface area contributed by atoms with Crippen LogP contribution in [-0.2, 0) is 16.0 Å². The van der Waals surface area contributed by atoms with Crippen LogP contribution >= 0.6 is 0 Å². The molecule has 38 heavy (non-hydrogen) atoms. The molecule has 0 unspecified atom stereocenters. The number of aryl methyl sites for hydroxylation is 1. The second-order valence-electron chi connectivity index (χ2n) is 10.0. The molecule has 3 aromatic rings. The molecule has 2 aliphatic rings. The van der Waals surface area contributed by atoms with Crippen molar-refractivity contribution in [3.8, 4) is 5.88 Å². The van der Waals surface area contributed by atoms with Gasteiger partial charge in [-0.25, -0.2) is 0 Å². The molecule has 7 nitrogen and oxygen atoms in total. The molecule has 2 aliphatic heterocycles. The molecule has 0 spiro atoms. The fourth-order valence-corrected chi connectivity index (χ4v) is 5.17. The van der Waals surface area contributed by atoms with E-state index >= 15 is 0 Å². The second-order valence-corrected chi connectivity index (χ2v) is 10.0. The summed E-state index contributed by atoms with van der Waals surface area (Å²) in [6.45, 7) is 11.9. The van der Waals surface area contributed by atoms with E-state index < -0.39 is 0 Å². The van der Waals surface area contributed by atoms with Crippen LogP contribution in [-0.4, -0.2) is 61.9 Å². The molecule has 5 rings (SSSR count). The van der Waals surface area contributed by atoms with Gasteiger partial charge in [0, 0.05) is 56.2 Å². The first-order valence-electron chi connectivity index (χ1n) is 13.8. The molecule has 3 heterocycles. The van der Waals surface area contributed by atoms with Gasteiger partial charge in [-0.1, -0.05) is 49.9 Å². The van der Waals surface area contributed by atoms with Gasteiger partial charge in [0.1, 0.15) is 5.82 Å². The Hall–Kier alpha value is -3.58. The topological polar surface area (TPSA) is 58.1 Å². The average molecular weight is 515 g/mol. The molecular weight excluding hydrogens is 476 g/mol. The molecule has 0 saturated carbocycles. The SMILES string of the molecule is C=C(CC)OCN1C(=O)CCc2ccc(OCCCCN3CCN(c4cccc5ccccc45)CC3)nc21. The summed E-state index contributed by atoms with van der Waals surface area (Å²) in [5.74, 6) is 1.88. The predicted octanol–water partition coefficient (Wildman–Crippen LogP) is 5.39. The number of hydrogen-bond donors (Lipinski definition) is 0. The molecule has 2 aromatic carbocycles. The number of rotatable bonds is 11. The lowest BCUT2D eigenvalue weighted by Crippen LogP contribution is -2.46. The van der Waals surface area contributed by atoms with Crippen LogP contribution in [0.3, 0.4) is 0 Å². The van der Waals surface area contributed by atoms with E-state index in [-0.39, 0.29) is 12.6 Å². The maximum Gasteiger partial charge on any atom is 0.231 e. The van der Waals surface area contributed by atoms with Gasteiger partial charge >= 0.3 is 0 Å². The average Bonchev–Trinajstić information content (AvgIpc) is 2.96. The predicted molar refractivity (Wildman–Crippen MR) is 153 cm³/mol. The quantitative estimate of drug-likeness (QED) is 0.253. The van der Waals surface area contributed by atoms with Gasteiger partial charge in [-0.3, -0.25) is 14.6 Å². The first kappa shape index (κ1) is 26.0. The van der Waals surface area contributed by atoms with Gasteiger partial charge in [0.2, 0.25) is 11.8 Å². The van der Waals surface area contributed by atoms with Gasteiger partial charge in [-0.05, 0) is 48.9 Å². The molecule has 0 radical (unpaired) electrons. The highest BCUT2D eigenvalue weighted by atomic mass is 16.5. The smallest absolute Gasteiger partial charge is 0.231 e. The molecule has 1 saturated heterocycles. The summed E-state index contributed by atoms with van der Waals surface area (Å²) >= 11 is 0. The molecule has 0 bridgehead atoms. The van der Waals surface area contributed by atoms with Gasteiger partial charge in [-0.2, -0.15) is 4.98 Å². The standard InChI is InChI=1S/C31H38N4O3/c1-3-24(2)38-23-35-30(36)16-14-26-13-15-29(32-31(26)35)37-22-7-6-17-33-18-20-34(21-19-33)28-12-8-10-25-9-4-5-11-27(25)28/h4-5,8-13,15H,2-3,6-7,14,16-23H2,1H3. The van der Waals surface area contributed by atoms with Crippen molar-refractivity contribution in [1.82, 2.24) is 9.88 Å². The van der Waals surface area contributed by atoms with Crippen molar-refractivity contribution in [3.05, 3.63) is 72.5 Å². The number of fused-ring (bicyclic) bond motifs is 2. The molecule has 200 valence electrons. The van der Waals surface area contributed by atoms with Crippen molar-refractivity contribution in [1.29, 1.82) is 0 Å². The number of ether oxygens (including phenoxy) is 2. The third kappa shape index (κ3) is 6.10. The van der Waals surface area contributed by atoms with Gasteiger partial charge in [-0.15, -0.1) is 0 Å². The number of amides is 1. The zero-order chi connectivity index (χ0) is 26.3. The molecule has 0 N–H and O–H groups in total. The van der Waals surface area contributed by atoms with Crippen molar-refractivity contribution >= 4 is 28.2 Å². The van der Waals surface area contributed by atoms with Crippen molar-refractivity contribution in [2.24, 2.45) is 0 Å². The number of carbonyl (C=O) groups is 1. The molecule has 7 heteroatoms. The number of carbonyl (C=O) groups excluding carboxylic acids is 1. The van der Waals surface area contributed by atoms with Crippen LogP contribution in [0, 0.1) is 0 Å². The first-order chi connectivity index (χ1) is 18.6. The van der Waals surface area contributed by atoms with Crippen molar-refractivity contribution in [2.75, 3.05) is 55.9 Å². The van der Waals surface area contributed by atoms with E-state index in [2.05, 4.69) is 63.8 Å². The van der Waals surface area contributed by atoms with E-state index in [1.807, 2.05) is 19.1 Å². The van der Waals surface area contributed by atoms with Crippen LogP contribution < -0.4 is 14.5 Å². The summed E-state index contributed by atoms with van der Waals surface area (Å²) in [6, 6.07) is 19.2. The number of piperazine rings is 1. The zero-order valence-electron chi connectivity index (χ0n) is 22.4. The summed E-state index contributed by atoms with van der Waals surface area (Å²) < 4.78 is 11.6. The lowest BCUT2D eigenvalue weighted by molar-refractivity contribution is -0.119. The minimum absolute atomic E-state index is 0.0200. The molecular formula is C31H38N4O3. The first-order valence-corrected chi connectivity index (χ1v) is 13.8. The van der Waals surface area contributed by atoms with Crippen LogP contribution in [0.4, 0.5) is 11.5 Å². The highest BCUT2D eigenvalue weighted by Crippen LogP contribution is 2.29. The Balaban J connectivity index is 1.06. The van der Waals surface area contributed by atoms with Crippen molar-refractivity contribution < 1.29 is 14.3 Å². The van der Waals surface area contributed by atoms with Gasteiger partial charge in [0.25, 0.3) is 0 Å².